The number of rotatable bonds is 5. The lowest BCUT2D eigenvalue weighted by Gasteiger charge is -2.23. The average molecular weight is 436 g/mol. The summed E-state index contributed by atoms with van der Waals surface area (Å²) in [7, 11) is -3.58. The summed E-state index contributed by atoms with van der Waals surface area (Å²) in [4.78, 5) is 6.82. The van der Waals surface area contributed by atoms with E-state index < -0.39 is 10.0 Å². The lowest BCUT2D eigenvalue weighted by atomic mass is 10.2. The molecule has 0 saturated carbocycles. The molecule has 1 aliphatic heterocycles. The minimum absolute atomic E-state index is 0.0142. The Bertz CT molecular complexity index is 1000. The van der Waals surface area contributed by atoms with Gasteiger partial charge in [-0.1, -0.05) is 24.3 Å². The monoisotopic (exact) mass is 435 g/mol. The number of fused-ring (bicyclic) bond motifs is 1. The Balaban J connectivity index is 1.51. The van der Waals surface area contributed by atoms with Gasteiger partial charge in [0.15, 0.2) is 5.58 Å². The lowest BCUT2D eigenvalue weighted by Crippen LogP contribution is -2.40. The molecule has 0 spiro atoms. The smallest absolute Gasteiger partial charge is 0.298 e. The zero-order chi connectivity index (χ0) is 18.1. The van der Waals surface area contributed by atoms with E-state index in [2.05, 4.69) is 25.6 Å². The minimum atomic E-state index is -3.58. The first-order valence-electron chi connectivity index (χ1n) is 8.41. The van der Waals surface area contributed by atoms with Crippen LogP contribution in [0.2, 0.25) is 0 Å². The summed E-state index contributed by atoms with van der Waals surface area (Å²) < 4.78 is 34.3. The molecule has 6 nitrogen and oxygen atoms in total. The van der Waals surface area contributed by atoms with E-state index in [1.54, 1.807) is 24.3 Å². The molecule has 8 heteroatoms. The standard InChI is InChI=1S/C18H18BrN3O3S/c19-14-7-1-4-10-17(14)26(23,24)20-12-13-6-5-11-22(13)18-21-15-8-2-3-9-16(15)25-18/h1-4,7-10,13,20H,5-6,11-12H2. The molecule has 1 saturated heterocycles. The van der Waals surface area contributed by atoms with Crippen LogP contribution in [0.5, 0.6) is 0 Å². The molecule has 2 heterocycles. The molecule has 0 bridgehead atoms. The number of nitrogens with zero attached hydrogens (tertiary/aromatic N) is 2. The quantitative estimate of drug-likeness (QED) is 0.662. The summed E-state index contributed by atoms with van der Waals surface area (Å²) in [5.41, 5.74) is 1.55. The fourth-order valence-corrected chi connectivity index (χ4v) is 5.30. The van der Waals surface area contributed by atoms with Crippen LogP contribution < -0.4 is 9.62 Å². The first kappa shape index (κ1) is 17.5. The molecular weight excluding hydrogens is 418 g/mol. The van der Waals surface area contributed by atoms with Crippen LogP contribution in [-0.2, 0) is 10.0 Å². The lowest BCUT2D eigenvalue weighted by molar-refractivity contribution is 0.534. The number of oxazole rings is 1. The van der Waals surface area contributed by atoms with Crippen molar-refractivity contribution in [3.63, 3.8) is 0 Å². The maximum atomic E-state index is 12.6. The van der Waals surface area contributed by atoms with Gasteiger partial charge < -0.3 is 9.32 Å². The second kappa shape index (κ2) is 7.02. The van der Waals surface area contributed by atoms with Gasteiger partial charge in [-0.25, -0.2) is 13.1 Å². The number of hydrogen-bond acceptors (Lipinski definition) is 5. The number of hydrogen-bond donors (Lipinski definition) is 1. The van der Waals surface area contributed by atoms with E-state index in [9.17, 15) is 8.42 Å². The van der Waals surface area contributed by atoms with Crippen LogP contribution in [0.1, 0.15) is 12.8 Å². The third-order valence-electron chi connectivity index (χ3n) is 4.54. The molecule has 1 fully saturated rings. The average Bonchev–Trinajstić information content (AvgIpc) is 3.26. The van der Waals surface area contributed by atoms with Gasteiger partial charge in [-0.3, -0.25) is 0 Å². The van der Waals surface area contributed by atoms with Crippen LogP contribution in [0.15, 0.2) is 62.3 Å². The predicted octanol–water partition coefficient (Wildman–Crippen LogP) is 3.54. The van der Waals surface area contributed by atoms with Crippen molar-refractivity contribution >= 4 is 43.1 Å². The molecule has 1 aliphatic rings. The maximum absolute atomic E-state index is 12.6. The number of aromatic nitrogens is 1. The van der Waals surface area contributed by atoms with Gasteiger partial charge in [-0.05, 0) is 53.0 Å². The Morgan fingerprint density at radius 1 is 1.19 bits per heavy atom. The summed E-state index contributed by atoms with van der Waals surface area (Å²) in [6, 6.07) is 15.0. The predicted molar refractivity (Wildman–Crippen MR) is 104 cm³/mol. The summed E-state index contributed by atoms with van der Waals surface area (Å²) >= 11 is 3.30. The molecule has 1 aromatic heterocycles. The Hall–Kier alpha value is -1.90. The van der Waals surface area contributed by atoms with Crippen LogP contribution >= 0.6 is 15.9 Å². The fraction of sp³-hybridized carbons (Fsp3) is 0.278. The van der Waals surface area contributed by atoms with Crippen molar-refractivity contribution < 1.29 is 12.8 Å². The van der Waals surface area contributed by atoms with Crippen LogP contribution in [0.4, 0.5) is 6.01 Å². The van der Waals surface area contributed by atoms with Crippen LogP contribution in [0.3, 0.4) is 0 Å². The molecule has 26 heavy (non-hydrogen) atoms. The molecule has 4 rings (SSSR count). The number of benzene rings is 2. The van der Waals surface area contributed by atoms with Gasteiger partial charge in [-0.2, -0.15) is 4.98 Å². The zero-order valence-corrected chi connectivity index (χ0v) is 16.3. The topological polar surface area (TPSA) is 75.4 Å². The summed E-state index contributed by atoms with van der Waals surface area (Å²) in [5.74, 6) is 0. The SMILES string of the molecule is O=S(=O)(NCC1CCCN1c1nc2ccccc2o1)c1ccccc1Br. The Kier molecular flexibility index (Phi) is 4.73. The van der Waals surface area contributed by atoms with E-state index in [0.717, 1.165) is 30.5 Å². The molecule has 0 aliphatic carbocycles. The summed E-state index contributed by atoms with van der Waals surface area (Å²) in [5, 5.41) is 0. The molecule has 0 amide bonds. The number of halogens is 1. The van der Waals surface area contributed by atoms with Gasteiger partial charge in [0.25, 0.3) is 6.01 Å². The number of anilines is 1. The largest absolute Gasteiger partial charge is 0.423 e. The Morgan fingerprint density at radius 3 is 2.77 bits per heavy atom. The van der Waals surface area contributed by atoms with E-state index in [4.69, 9.17) is 4.42 Å². The van der Waals surface area contributed by atoms with Crippen molar-refractivity contribution in [1.29, 1.82) is 0 Å². The Labute approximate surface area is 160 Å². The van der Waals surface area contributed by atoms with E-state index in [1.807, 2.05) is 29.2 Å². The highest BCUT2D eigenvalue weighted by molar-refractivity contribution is 9.10. The second-order valence-electron chi connectivity index (χ2n) is 6.24. The van der Waals surface area contributed by atoms with Crippen molar-refractivity contribution in [2.45, 2.75) is 23.8 Å². The molecule has 1 N–H and O–H groups in total. The van der Waals surface area contributed by atoms with Crippen molar-refractivity contribution in [1.82, 2.24) is 9.71 Å². The molecule has 3 aromatic rings. The van der Waals surface area contributed by atoms with Gasteiger partial charge >= 0.3 is 0 Å². The third kappa shape index (κ3) is 3.36. The normalized spacial score (nSPS) is 17.9. The molecule has 1 unspecified atom stereocenters. The second-order valence-corrected chi connectivity index (χ2v) is 8.83. The van der Waals surface area contributed by atoms with Gasteiger partial charge in [0.2, 0.25) is 10.0 Å². The summed E-state index contributed by atoms with van der Waals surface area (Å²) in [6.45, 7) is 1.11. The van der Waals surface area contributed by atoms with Crippen LogP contribution in [-0.4, -0.2) is 32.5 Å². The van der Waals surface area contributed by atoms with Gasteiger partial charge in [-0.15, -0.1) is 0 Å². The molecule has 1 atom stereocenters. The molecule has 0 radical (unpaired) electrons. The van der Waals surface area contributed by atoms with Gasteiger partial charge in [0, 0.05) is 23.6 Å². The van der Waals surface area contributed by atoms with Crippen molar-refractivity contribution in [2.75, 3.05) is 18.0 Å². The van der Waals surface area contributed by atoms with Crippen LogP contribution in [0, 0.1) is 0 Å². The van der Waals surface area contributed by atoms with Gasteiger partial charge in [0.05, 0.1) is 4.90 Å². The molecule has 2 aromatic carbocycles. The highest BCUT2D eigenvalue weighted by Crippen LogP contribution is 2.28. The van der Waals surface area contributed by atoms with E-state index in [-0.39, 0.29) is 10.9 Å². The van der Waals surface area contributed by atoms with Crippen molar-refractivity contribution in [3.8, 4) is 0 Å². The number of nitrogens with one attached hydrogen (secondary N) is 1. The minimum Gasteiger partial charge on any atom is -0.423 e. The molecular formula is C18H18BrN3O3S. The van der Waals surface area contributed by atoms with Crippen molar-refractivity contribution in [3.05, 3.63) is 53.0 Å². The van der Waals surface area contributed by atoms with Crippen molar-refractivity contribution in [2.24, 2.45) is 0 Å². The van der Waals surface area contributed by atoms with E-state index in [1.165, 1.54) is 0 Å². The van der Waals surface area contributed by atoms with E-state index in [0.29, 0.717) is 17.0 Å². The highest BCUT2D eigenvalue weighted by atomic mass is 79.9. The highest BCUT2D eigenvalue weighted by Gasteiger charge is 2.30. The van der Waals surface area contributed by atoms with Crippen LogP contribution in [0.25, 0.3) is 11.1 Å². The summed E-state index contributed by atoms with van der Waals surface area (Å²) in [6.07, 6.45) is 1.86. The zero-order valence-electron chi connectivity index (χ0n) is 13.9. The number of sulfonamides is 1. The fourth-order valence-electron chi connectivity index (χ4n) is 3.23. The number of para-hydroxylation sites is 2. The first-order valence-corrected chi connectivity index (χ1v) is 10.7. The first-order chi connectivity index (χ1) is 12.5. The molecule has 136 valence electrons. The van der Waals surface area contributed by atoms with Gasteiger partial charge in [0.1, 0.15) is 5.52 Å². The van der Waals surface area contributed by atoms with E-state index >= 15 is 0 Å². The Morgan fingerprint density at radius 2 is 1.96 bits per heavy atom. The maximum Gasteiger partial charge on any atom is 0.298 e. The third-order valence-corrected chi connectivity index (χ3v) is 6.98.